The van der Waals surface area contributed by atoms with Gasteiger partial charge in [0.1, 0.15) is 0 Å². The molecule has 0 spiro atoms. The van der Waals surface area contributed by atoms with Gasteiger partial charge >= 0.3 is 0 Å². The van der Waals surface area contributed by atoms with Crippen molar-refractivity contribution in [3.63, 3.8) is 0 Å². The standard InChI is InChI=1S/C14H20N2O2S/c1-4-12-14(18)15-5-6-16(12)8-13(17)11-7-9(2)19-10(11)3/h7,12H,4-6,8H2,1-3H3,(H,15,18). The number of piperazine rings is 1. The highest BCUT2D eigenvalue weighted by Crippen LogP contribution is 2.21. The second kappa shape index (κ2) is 5.84. The van der Waals surface area contributed by atoms with Gasteiger partial charge in [-0.2, -0.15) is 0 Å². The van der Waals surface area contributed by atoms with Crippen molar-refractivity contribution >= 4 is 23.0 Å². The number of Topliss-reactive ketones (excluding diaryl/α,β-unsaturated/α-hetero) is 1. The summed E-state index contributed by atoms with van der Waals surface area (Å²) in [6.45, 7) is 7.68. The molecule has 1 saturated heterocycles. The van der Waals surface area contributed by atoms with Crippen molar-refractivity contribution in [2.24, 2.45) is 0 Å². The molecule has 0 bridgehead atoms. The third-order valence-electron chi connectivity index (χ3n) is 3.52. The highest BCUT2D eigenvalue weighted by atomic mass is 32.1. The number of rotatable bonds is 4. The van der Waals surface area contributed by atoms with E-state index in [-0.39, 0.29) is 17.7 Å². The summed E-state index contributed by atoms with van der Waals surface area (Å²) in [6, 6.07) is 1.78. The van der Waals surface area contributed by atoms with Crippen LogP contribution in [0.15, 0.2) is 6.07 Å². The third kappa shape index (κ3) is 3.04. The monoisotopic (exact) mass is 280 g/mol. The smallest absolute Gasteiger partial charge is 0.237 e. The van der Waals surface area contributed by atoms with Crippen LogP contribution in [0.2, 0.25) is 0 Å². The summed E-state index contributed by atoms with van der Waals surface area (Å²) in [5.41, 5.74) is 0.809. The Hall–Kier alpha value is -1.20. The number of thiophene rings is 1. The topological polar surface area (TPSA) is 49.4 Å². The largest absolute Gasteiger partial charge is 0.353 e. The fourth-order valence-corrected chi connectivity index (χ4v) is 3.51. The van der Waals surface area contributed by atoms with Crippen LogP contribution in [0.25, 0.3) is 0 Å². The van der Waals surface area contributed by atoms with E-state index in [0.717, 1.165) is 28.3 Å². The summed E-state index contributed by atoms with van der Waals surface area (Å²) in [4.78, 5) is 28.3. The molecule has 0 radical (unpaired) electrons. The molecular formula is C14H20N2O2S. The summed E-state index contributed by atoms with van der Waals surface area (Å²) < 4.78 is 0. The molecule has 0 saturated carbocycles. The first-order valence-corrected chi connectivity index (χ1v) is 7.46. The molecule has 1 unspecified atom stereocenters. The zero-order valence-corrected chi connectivity index (χ0v) is 12.5. The molecule has 1 amide bonds. The van der Waals surface area contributed by atoms with Crippen LogP contribution >= 0.6 is 11.3 Å². The van der Waals surface area contributed by atoms with Crippen LogP contribution in [0.3, 0.4) is 0 Å². The second-order valence-electron chi connectivity index (χ2n) is 4.94. The normalized spacial score (nSPS) is 20.4. The lowest BCUT2D eigenvalue weighted by molar-refractivity contribution is -0.128. The van der Waals surface area contributed by atoms with Crippen LogP contribution in [0.4, 0.5) is 0 Å². The fraction of sp³-hybridized carbons (Fsp3) is 0.571. The van der Waals surface area contributed by atoms with Crippen LogP contribution in [0, 0.1) is 13.8 Å². The summed E-state index contributed by atoms with van der Waals surface area (Å²) in [5, 5.41) is 2.85. The van der Waals surface area contributed by atoms with Gasteiger partial charge in [-0.05, 0) is 26.3 Å². The Labute approximate surface area is 117 Å². The maximum atomic E-state index is 12.3. The van der Waals surface area contributed by atoms with E-state index in [1.54, 1.807) is 11.3 Å². The maximum Gasteiger partial charge on any atom is 0.237 e. The number of carbonyl (C=O) groups excluding carboxylic acids is 2. The molecule has 1 aliphatic rings. The molecule has 19 heavy (non-hydrogen) atoms. The summed E-state index contributed by atoms with van der Waals surface area (Å²) in [6.07, 6.45) is 0.737. The number of hydrogen-bond donors (Lipinski definition) is 1. The average molecular weight is 280 g/mol. The van der Waals surface area contributed by atoms with Crippen molar-refractivity contribution in [3.05, 3.63) is 21.4 Å². The van der Waals surface area contributed by atoms with E-state index >= 15 is 0 Å². The van der Waals surface area contributed by atoms with Gasteiger partial charge < -0.3 is 5.32 Å². The van der Waals surface area contributed by atoms with E-state index < -0.39 is 0 Å². The number of carbonyl (C=O) groups is 2. The molecule has 1 fully saturated rings. The molecular weight excluding hydrogens is 260 g/mol. The van der Waals surface area contributed by atoms with Crippen molar-refractivity contribution in [2.75, 3.05) is 19.6 Å². The minimum atomic E-state index is -0.169. The number of nitrogens with one attached hydrogen (secondary N) is 1. The van der Waals surface area contributed by atoms with Crippen molar-refractivity contribution < 1.29 is 9.59 Å². The van der Waals surface area contributed by atoms with E-state index in [0.29, 0.717) is 13.1 Å². The van der Waals surface area contributed by atoms with Crippen molar-refractivity contribution in [3.8, 4) is 0 Å². The molecule has 104 valence electrons. The molecule has 1 aliphatic heterocycles. The van der Waals surface area contributed by atoms with E-state index in [2.05, 4.69) is 5.32 Å². The van der Waals surface area contributed by atoms with Crippen LogP contribution in [0.1, 0.15) is 33.5 Å². The van der Waals surface area contributed by atoms with Gasteiger partial charge in [0.2, 0.25) is 5.91 Å². The molecule has 5 heteroatoms. The van der Waals surface area contributed by atoms with Gasteiger partial charge in [-0.3, -0.25) is 14.5 Å². The highest BCUT2D eigenvalue weighted by Gasteiger charge is 2.29. The molecule has 1 aromatic heterocycles. The second-order valence-corrected chi connectivity index (χ2v) is 6.40. The lowest BCUT2D eigenvalue weighted by Crippen LogP contribution is -2.56. The van der Waals surface area contributed by atoms with E-state index in [1.165, 1.54) is 0 Å². The number of hydrogen-bond acceptors (Lipinski definition) is 4. The predicted molar refractivity (Wildman–Crippen MR) is 76.8 cm³/mol. The van der Waals surface area contributed by atoms with Gasteiger partial charge in [0, 0.05) is 28.4 Å². The first kappa shape index (κ1) is 14.2. The first-order chi connectivity index (χ1) is 9.02. The quantitative estimate of drug-likeness (QED) is 0.855. The molecule has 0 aromatic carbocycles. The first-order valence-electron chi connectivity index (χ1n) is 6.65. The summed E-state index contributed by atoms with van der Waals surface area (Å²) in [7, 11) is 0. The number of ketones is 1. The van der Waals surface area contributed by atoms with Gasteiger partial charge in [-0.15, -0.1) is 11.3 Å². The number of aryl methyl sites for hydroxylation is 2. The number of amides is 1. The Morgan fingerprint density at radius 2 is 2.26 bits per heavy atom. The fourth-order valence-electron chi connectivity index (χ4n) is 2.57. The van der Waals surface area contributed by atoms with Crippen molar-refractivity contribution in [1.29, 1.82) is 0 Å². The molecule has 1 atom stereocenters. The van der Waals surface area contributed by atoms with E-state index in [1.807, 2.05) is 31.7 Å². The third-order valence-corrected chi connectivity index (χ3v) is 4.48. The van der Waals surface area contributed by atoms with Crippen molar-refractivity contribution in [1.82, 2.24) is 10.2 Å². The minimum Gasteiger partial charge on any atom is -0.353 e. The Bertz CT molecular complexity index is 496. The highest BCUT2D eigenvalue weighted by molar-refractivity contribution is 7.12. The Morgan fingerprint density at radius 1 is 1.53 bits per heavy atom. The molecule has 1 N–H and O–H groups in total. The number of nitrogens with zero attached hydrogens (tertiary/aromatic N) is 1. The minimum absolute atomic E-state index is 0.0415. The average Bonchev–Trinajstić information content (AvgIpc) is 2.69. The summed E-state index contributed by atoms with van der Waals surface area (Å²) in [5.74, 6) is 0.162. The van der Waals surface area contributed by atoms with Gasteiger partial charge in [0.05, 0.1) is 12.6 Å². The van der Waals surface area contributed by atoms with Crippen LogP contribution < -0.4 is 5.32 Å². The molecule has 0 aliphatic carbocycles. The molecule has 1 aromatic rings. The molecule has 2 heterocycles. The van der Waals surface area contributed by atoms with Gasteiger partial charge in [0.15, 0.2) is 5.78 Å². The van der Waals surface area contributed by atoms with Gasteiger partial charge in [-0.1, -0.05) is 6.92 Å². The Balaban J connectivity index is 2.09. The lowest BCUT2D eigenvalue weighted by atomic mass is 10.1. The van der Waals surface area contributed by atoms with E-state index in [9.17, 15) is 9.59 Å². The molecule has 2 rings (SSSR count). The SMILES string of the molecule is CCC1C(=O)NCCN1CC(=O)c1cc(C)sc1C. The van der Waals surface area contributed by atoms with Crippen LogP contribution in [-0.2, 0) is 4.79 Å². The molecule has 4 nitrogen and oxygen atoms in total. The maximum absolute atomic E-state index is 12.3. The van der Waals surface area contributed by atoms with Gasteiger partial charge in [0.25, 0.3) is 0 Å². The van der Waals surface area contributed by atoms with Crippen LogP contribution in [0.5, 0.6) is 0 Å². The van der Waals surface area contributed by atoms with E-state index in [4.69, 9.17) is 0 Å². The lowest BCUT2D eigenvalue weighted by Gasteiger charge is -2.33. The Kier molecular flexibility index (Phi) is 4.37. The van der Waals surface area contributed by atoms with Crippen molar-refractivity contribution in [2.45, 2.75) is 33.2 Å². The summed E-state index contributed by atoms with van der Waals surface area (Å²) >= 11 is 1.65. The van der Waals surface area contributed by atoms with Gasteiger partial charge in [-0.25, -0.2) is 0 Å². The van der Waals surface area contributed by atoms with Crippen LogP contribution in [-0.4, -0.2) is 42.3 Å². The zero-order valence-electron chi connectivity index (χ0n) is 11.7. The zero-order chi connectivity index (χ0) is 14.0. The predicted octanol–water partition coefficient (Wildman–Crippen LogP) is 1.76. The Morgan fingerprint density at radius 3 is 2.84 bits per heavy atom.